The van der Waals surface area contributed by atoms with Gasteiger partial charge in [0.1, 0.15) is 0 Å². The number of hydrogen-bond acceptors (Lipinski definition) is 2. The molecule has 1 saturated carbocycles. The third kappa shape index (κ3) is 2.14. The van der Waals surface area contributed by atoms with Gasteiger partial charge >= 0.3 is 5.69 Å². The molecule has 1 fully saturated rings. The van der Waals surface area contributed by atoms with Crippen molar-refractivity contribution in [2.45, 2.75) is 57.4 Å². The largest absolute Gasteiger partial charge is 0.328 e. The first kappa shape index (κ1) is 13.4. The van der Waals surface area contributed by atoms with Gasteiger partial charge in [0.25, 0.3) is 5.56 Å². The third-order valence-corrected chi connectivity index (χ3v) is 4.11. The van der Waals surface area contributed by atoms with Gasteiger partial charge in [-0.1, -0.05) is 19.3 Å². The van der Waals surface area contributed by atoms with Crippen molar-refractivity contribution in [3.8, 4) is 0 Å². The Morgan fingerprint density at radius 2 is 1.72 bits per heavy atom. The number of hydrogen-bond donors (Lipinski definition) is 1. The van der Waals surface area contributed by atoms with Gasteiger partial charge < -0.3 is 4.98 Å². The number of fused-ring (bicyclic) bond motifs is 1. The minimum Gasteiger partial charge on any atom is -0.311 e. The van der Waals surface area contributed by atoms with Gasteiger partial charge in [-0.3, -0.25) is 9.36 Å². The van der Waals surface area contributed by atoms with Gasteiger partial charge in [0.2, 0.25) is 0 Å². The Morgan fingerprint density at radius 1 is 1.00 bits per heavy atom. The standard InChI is InChI=1S/C13H18N2O2.ClH/c16-12-10-7-4-8-11(10)14-13(17)15(12)9-5-2-1-3-6-9;/h9H,1-8H2,(H,14,17);1H. The van der Waals surface area contributed by atoms with Crippen LogP contribution in [-0.4, -0.2) is 9.55 Å². The second kappa shape index (κ2) is 5.31. The minimum atomic E-state index is -0.192. The second-order valence-electron chi connectivity index (χ2n) is 5.21. The fourth-order valence-electron chi connectivity index (χ4n) is 3.22. The molecule has 4 nitrogen and oxygen atoms in total. The molecule has 0 saturated heterocycles. The average molecular weight is 271 g/mol. The molecule has 0 spiro atoms. The van der Waals surface area contributed by atoms with Crippen LogP contribution in [0.1, 0.15) is 55.8 Å². The topological polar surface area (TPSA) is 54.9 Å². The molecule has 18 heavy (non-hydrogen) atoms. The van der Waals surface area contributed by atoms with E-state index in [1.54, 1.807) is 0 Å². The number of aromatic nitrogens is 2. The highest BCUT2D eigenvalue weighted by Gasteiger charge is 2.23. The summed E-state index contributed by atoms with van der Waals surface area (Å²) in [5.41, 5.74) is 1.53. The predicted octanol–water partition coefficient (Wildman–Crippen LogP) is 1.95. The summed E-state index contributed by atoms with van der Waals surface area (Å²) in [7, 11) is 0. The monoisotopic (exact) mass is 270 g/mol. The molecule has 0 unspecified atom stereocenters. The lowest BCUT2D eigenvalue weighted by Gasteiger charge is -2.23. The maximum atomic E-state index is 12.3. The summed E-state index contributed by atoms with van der Waals surface area (Å²) < 4.78 is 1.49. The lowest BCUT2D eigenvalue weighted by atomic mass is 9.95. The van der Waals surface area contributed by atoms with Gasteiger partial charge in [0, 0.05) is 17.3 Å². The van der Waals surface area contributed by atoms with E-state index in [1.807, 2.05) is 0 Å². The quantitative estimate of drug-likeness (QED) is 0.848. The van der Waals surface area contributed by atoms with Crippen LogP contribution in [0.25, 0.3) is 0 Å². The van der Waals surface area contributed by atoms with E-state index in [1.165, 1.54) is 11.0 Å². The highest BCUT2D eigenvalue weighted by molar-refractivity contribution is 5.85. The molecule has 1 aromatic rings. The van der Waals surface area contributed by atoms with Crippen LogP contribution in [-0.2, 0) is 12.8 Å². The van der Waals surface area contributed by atoms with Crippen molar-refractivity contribution >= 4 is 12.4 Å². The van der Waals surface area contributed by atoms with E-state index >= 15 is 0 Å². The van der Waals surface area contributed by atoms with Gasteiger partial charge in [-0.15, -0.1) is 12.4 Å². The lowest BCUT2D eigenvalue weighted by Crippen LogP contribution is -2.40. The van der Waals surface area contributed by atoms with Crippen LogP contribution in [0.4, 0.5) is 0 Å². The third-order valence-electron chi connectivity index (χ3n) is 4.11. The SMILES string of the molecule is Cl.O=c1[nH]c2c(c(=O)n1C1CCCCC1)CCC2. The predicted molar refractivity (Wildman–Crippen MR) is 72.7 cm³/mol. The number of halogens is 1. The van der Waals surface area contributed by atoms with Gasteiger partial charge in [-0.2, -0.15) is 0 Å². The molecule has 0 amide bonds. The number of aryl methyl sites for hydroxylation is 1. The van der Waals surface area contributed by atoms with Crippen molar-refractivity contribution in [2.24, 2.45) is 0 Å². The van der Waals surface area contributed by atoms with E-state index in [0.29, 0.717) is 0 Å². The molecule has 0 aromatic carbocycles. The van der Waals surface area contributed by atoms with Gasteiger partial charge in [0.05, 0.1) is 0 Å². The Balaban J connectivity index is 0.00000120. The number of rotatable bonds is 1. The first-order valence-electron chi connectivity index (χ1n) is 6.64. The van der Waals surface area contributed by atoms with Crippen LogP contribution in [0.3, 0.4) is 0 Å². The van der Waals surface area contributed by atoms with Crippen molar-refractivity contribution in [2.75, 3.05) is 0 Å². The van der Waals surface area contributed by atoms with Crippen LogP contribution >= 0.6 is 12.4 Å². The van der Waals surface area contributed by atoms with E-state index < -0.39 is 0 Å². The van der Waals surface area contributed by atoms with Gasteiger partial charge in [0.15, 0.2) is 0 Å². The molecule has 0 aliphatic heterocycles. The molecular formula is C13H19ClN2O2. The second-order valence-corrected chi connectivity index (χ2v) is 5.21. The van der Waals surface area contributed by atoms with Crippen molar-refractivity contribution in [3.63, 3.8) is 0 Å². The summed E-state index contributed by atoms with van der Waals surface area (Å²) >= 11 is 0. The molecule has 5 heteroatoms. The van der Waals surface area contributed by atoms with Crippen molar-refractivity contribution in [3.05, 3.63) is 32.1 Å². The molecule has 1 N–H and O–H groups in total. The summed E-state index contributed by atoms with van der Waals surface area (Å²) in [5.74, 6) is 0. The summed E-state index contributed by atoms with van der Waals surface area (Å²) in [4.78, 5) is 27.2. The van der Waals surface area contributed by atoms with Crippen molar-refractivity contribution < 1.29 is 0 Å². The van der Waals surface area contributed by atoms with Crippen LogP contribution < -0.4 is 11.2 Å². The van der Waals surface area contributed by atoms with E-state index in [-0.39, 0.29) is 29.7 Å². The first-order chi connectivity index (χ1) is 8.27. The molecule has 3 rings (SSSR count). The number of H-pyrrole nitrogens is 1. The fourth-order valence-corrected chi connectivity index (χ4v) is 3.22. The molecule has 100 valence electrons. The molecule has 0 atom stereocenters. The average Bonchev–Trinajstić information content (AvgIpc) is 2.78. The zero-order valence-corrected chi connectivity index (χ0v) is 11.2. The Bertz CT molecular complexity index is 541. The van der Waals surface area contributed by atoms with Gasteiger partial charge in [-0.05, 0) is 32.1 Å². The number of aromatic amines is 1. The van der Waals surface area contributed by atoms with Crippen molar-refractivity contribution in [1.82, 2.24) is 9.55 Å². The van der Waals surface area contributed by atoms with E-state index in [9.17, 15) is 9.59 Å². The Morgan fingerprint density at radius 3 is 2.44 bits per heavy atom. The normalized spacial score (nSPS) is 19.3. The lowest BCUT2D eigenvalue weighted by molar-refractivity contribution is 0.335. The Labute approximate surface area is 112 Å². The number of nitrogens with one attached hydrogen (secondary N) is 1. The Kier molecular flexibility index (Phi) is 3.95. The summed E-state index contributed by atoms with van der Waals surface area (Å²) in [5, 5.41) is 0. The minimum absolute atomic E-state index is 0. The highest BCUT2D eigenvalue weighted by Crippen LogP contribution is 2.26. The van der Waals surface area contributed by atoms with Crippen LogP contribution in [0.15, 0.2) is 9.59 Å². The number of nitrogens with zero attached hydrogens (tertiary/aromatic N) is 1. The molecule has 2 aliphatic carbocycles. The summed E-state index contributed by atoms with van der Waals surface area (Å²) in [6.45, 7) is 0. The van der Waals surface area contributed by atoms with Crippen LogP contribution in [0.5, 0.6) is 0 Å². The zero-order valence-electron chi connectivity index (χ0n) is 10.4. The zero-order chi connectivity index (χ0) is 11.8. The van der Waals surface area contributed by atoms with E-state index in [0.717, 1.165) is 56.2 Å². The van der Waals surface area contributed by atoms with Gasteiger partial charge in [-0.25, -0.2) is 4.79 Å². The molecular weight excluding hydrogens is 252 g/mol. The van der Waals surface area contributed by atoms with Crippen LogP contribution in [0, 0.1) is 0 Å². The first-order valence-corrected chi connectivity index (χ1v) is 6.64. The molecule has 1 heterocycles. The summed E-state index contributed by atoms with van der Waals surface area (Å²) in [6, 6.07) is 0.130. The van der Waals surface area contributed by atoms with Crippen molar-refractivity contribution in [1.29, 1.82) is 0 Å². The molecule has 1 aromatic heterocycles. The molecule has 2 aliphatic rings. The maximum Gasteiger partial charge on any atom is 0.328 e. The maximum absolute atomic E-state index is 12.3. The molecule has 0 bridgehead atoms. The highest BCUT2D eigenvalue weighted by atomic mass is 35.5. The smallest absolute Gasteiger partial charge is 0.311 e. The van der Waals surface area contributed by atoms with Crippen LogP contribution in [0.2, 0.25) is 0 Å². The Hall–Kier alpha value is -1.03. The fraction of sp³-hybridized carbons (Fsp3) is 0.692. The van der Waals surface area contributed by atoms with E-state index in [4.69, 9.17) is 0 Å². The molecule has 0 radical (unpaired) electrons. The summed E-state index contributed by atoms with van der Waals surface area (Å²) in [6.07, 6.45) is 8.12. The van der Waals surface area contributed by atoms with E-state index in [2.05, 4.69) is 4.98 Å².